The fourth-order valence-electron chi connectivity index (χ4n) is 1.99. The fraction of sp³-hybridized carbons (Fsp3) is 0.0667. The summed E-state index contributed by atoms with van der Waals surface area (Å²) < 4.78 is 37.0. The van der Waals surface area contributed by atoms with Crippen LogP contribution in [-0.4, -0.2) is 23.0 Å². The van der Waals surface area contributed by atoms with Gasteiger partial charge in [-0.15, -0.1) is 0 Å². The molecule has 0 aliphatic rings. The molecule has 0 radical (unpaired) electrons. The maximum absolute atomic E-state index is 13.5. The number of methoxy groups -OCH3 is 1. The number of aromatic amines is 1. The third kappa shape index (κ3) is 2.48. The van der Waals surface area contributed by atoms with Gasteiger partial charge in [-0.05, 0) is 18.2 Å². The smallest absolute Gasteiger partial charge is 0.341 e. The number of hydrogen-bond donors (Lipinski definition) is 1. The second kappa shape index (κ2) is 5.44. The van der Waals surface area contributed by atoms with Gasteiger partial charge >= 0.3 is 5.97 Å². The maximum Gasteiger partial charge on any atom is 0.341 e. The molecule has 0 saturated heterocycles. The third-order valence-corrected chi connectivity index (χ3v) is 3.03. The molecule has 0 unspecified atom stereocenters. The van der Waals surface area contributed by atoms with Crippen molar-refractivity contribution in [3.8, 4) is 11.5 Å². The molecule has 3 rings (SSSR count). The molecule has 0 aliphatic carbocycles. The largest absolute Gasteiger partial charge is 0.465 e. The highest BCUT2D eigenvalue weighted by molar-refractivity contribution is 5.92. The van der Waals surface area contributed by atoms with E-state index in [9.17, 15) is 13.6 Å². The molecular weight excluding hydrogens is 294 g/mol. The highest BCUT2D eigenvalue weighted by atomic mass is 19.1. The number of carbonyl (C=O) groups is 1. The zero-order valence-corrected chi connectivity index (χ0v) is 11.4. The van der Waals surface area contributed by atoms with Crippen LogP contribution < -0.4 is 4.74 Å². The molecule has 0 fully saturated rings. The Labute approximate surface area is 123 Å². The third-order valence-electron chi connectivity index (χ3n) is 3.03. The minimum Gasteiger partial charge on any atom is -0.465 e. The first-order valence-corrected chi connectivity index (χ1v) is 6.27. The summed E-state index contributed by atoms with van der Waals surface area (Å²) in [6, 6.07) is 4.82. The van der Waals surface area contributed by atoms with Crippen LogP contribution >= 0.6 is 0 Å². The average Bonchev–Trinajstić information content (AvgIpc) is 2.88. The lowest BCUT2D eigenvalue weighted by Gasteiger charge is -2.10. The number of hydrogen-bond acceptors (Lipinski definition) is 4. The number of H-pyrrole nitrogens is 1. The van der Waals surface area contributed by atoms with E-state index in [2.05, 4.69) is 14.7 Å². The summed E-state index contributed by atoms with van der Waals surface area (Å²) in [7, 11) is 1.21. The van der Waals surface area contributed by atoms with Crippen molar-refractivity contribution < 1.29 is 23.0 Å². The molecule has 0 spiro atoms. The Bertz CT molecular complexity index is 861. The predicted octanol–water partition coefficient (Wildman–Crippen LogP) is 3.42. The molecule has 0 saturated carbocycles. The van der Waals surface area contributed by atoms with Gasteiger partial charge < -0.3 is 14.5 Å². The van der Waals surface area contributed by atoms with Gasteiger partial charge in [0.05, 0.1) is 18.7 Å². The summed E-state index contributed by atoms with van der Waals surface area (Å²) >= 11 is 0. The fourth-order valence-corrected chi connectivity index (χ4v) is 1.99. The predicted molar refractivity (Wildman–Crippen MR) is 73.9 cm³/mol. The number of rotatable bonds is 3. The molecule has 2 heterocycles. The van der Waals surface area contributed by atoms with Crippen LogP contribution in [-0.2, 0) is 4.74 Å². The van der Waals surface area contributed by atoms with E-state index in [0.717, 1.165) is 12.1 Å². The van der Waals surface area contributed by atoms with Gasteiger partial charge in [0.15, 0.2) is 0 Å². The lowest BCUT2D eigenvalue weighted by atomic mass is 10.2. The van der Waals surface area contributed by atoms with Gasteiger partial charge in [-0.1, -0.05) is 0 Å². The SMILES string of the molecule is COC(=O)c1ccc(F)cc1Oc1cnc2[nH]cc(F)c2c1. The Morgan fingerprint density at radius 3 is 2.86 bits per heavy atom. The highest BCUT2D eigenvalue weighted by Gasteiger charge is 2.15. The zero-order valence-electron chi connectivity index (χ0n) is 11.4. The van der Waals surface area contributed by atoms with Gasteiger partial charge in [0.1, 0.15) is 34.3 Å². The zero-order chi connectivity index (χ0) is 15.7. The summed E-state index contributed by atoms with van der Waals surface area (Å²) in [4.78, 5) is 18.3. The second-order valence-corrected chi connectivity index (χ2v) is 4.44. The quantitative estimate of drug-likeness (QED) is 0.753. The van der Waals surface area contributed by atoms with E-state index in [4.69, 9.17) is 4.74 Å². The van der Waals surface area contributed by atoms with Crippen LogP contribution in [0.1, 0.15) is 10.4 Å². The molecule has 3 aromatic rings. The van der Waals surface area contributed by atoms with Gasteiger partial charge in [0.2, 0.25) is 0 Å². The van der Waals surface area contributed by atoms with E-state index in [1.165, 1.54) is 31.6 Å². The number of carbonyl (C=O) groups excluding carboxylic acids is 1. The molecule has 0 amide bonds. The van der Waals surface area contributed by atoms with Crippen LogP contribution in [0.5, 0.6) is 11.5 Å². The van der Waals surface area contributed by atoms with Crippen LogP contribution in [0.25, 0.3) is 11.0 Å². The first kappa shape index (κ1) is 14.0. The number of fused-ring (bicyclic) bond motifs is 1. The molecule has 0 bridgehead atoms. The number of nitrogens with zero attached hydrogens (tertiary/aromatic N) is 1. The summed E-state index contributed by atoms with van der Waals surface area (Å²) in [6.45, 7) is 0. The molecule has 0 atom stereocenters. The summed E-state index contributed by atoms with van der Waals surface area (Å²) in [5.41, 5.74) is 0.413. The lowest BCUT2D eigenvalue weighted by molar-refractivity contribution is 0.0598. The van der Waals surface area contributed by atoms with Gasteiger partial charge in [0, 0.05) is 12.3 Å². The number of pyridine rings is 1. The Morgan fingerprint density at radius 2 is 2.09 bits per heavy atom. The summed E-state index contributed by atoms with van der Waals surface area (Å²) in [6.07, 6.45) is 2.51. The van der Waals surface area contributed by atoms with Crippen molar-refractivity contribution in [1.29, 1.82) is 0 Å². The Hall–Kier alpha value is -2.96. The van der Waals surface area contributed by atoms with Crippen LogP contribution in [0, 0.1) is 11.6 Å². The molecular formula is C15H10F2N2O3. The standard InChI is InChI=1S/C15H10F2N2O3/c1-21-15(20)10-3-2-8(16)4-13(10)22-9-5-11-12(17)7-19-14(11)18-6-9/h2-7H,1H3,(H,18,19). The Kier molecular flexibility index (Phi) is 3.46. The summed E-state index contributed by atoms with van der Waals surface area (Å²) in [5, 5.41) is 0.230. The Balaban J connectivity index is 2.02. The first-order chi connectivity index (χ1) is 10.6. The number of ether oxygens (including phenoxy) is 2. The van der Waals surface area contributed by atoms with Crippen molar-refractivity contribution in [2.45, 2.75) is 0 Å². The van der Waals surface area contributed by atoms with Crippen LogP contribution in [0.3, 0.4) is 0 Å². The molecule has 1 N–H and O–H groups in total. The van der Waals surface area contributed by atoms with E-state index < -0.39 is 17.6 Å². The van der Waals surface area contributed by atoms with Crippen LogP contribution in [0.4, 0.5) is 8.78 Å². The highest BCUT2D eigenvalue weighted by Crippen LogP contribution is 2.28. The molecule has 5 nitrogen and oxygen atoms in total. The topological polar surface area (TPSA) is 64.2 Å². The number of benzene rings is 1. The summed E-state index contributed by atoms with van der Waals surface area (Å²) in [5.74, 6) is -1.60. The molecule has 22 heavy (non-hydrogen) atoms. The normalized spacial score (nSPS) is 10.7. The van der Waals surface area contributed by atoms with Crippen molar-refractivity contribution in [3.63, 3.8) is 0 Å². The van der Waals surface area contributed by atoms with E-state index in [0.29, 0.717) is 5.65 Å². The molecule has 7 heteroatoms. The van der Waals surface area contributed by atoms with Crippen molar-refractivity contribution in [1.82, 2.24) is 9.97 Å². The molecule has 0 aliphatic heterocycles. The maximum atomic E-state index is 13.5. The van der Waals surface area contributed by atoms with Gasteiger partial charge in [-0.2, -0.15) is 0 Å². The van der Waals surface area contributed by atoms with Gasteiger partial charge in [-0.25, -0.2) is 18.6 Å². The van der Waals surface area contributed by atoms with Crippen molar-refractivity contribution >= 4 is 17.0 Å². The van der Waals surface area contributed by atoms with Gasteiger partial charge in [0.25, 0.3) is 0 Å². The molecule has 112 valence electrons. The minimum atomic E-state index is -0.670. The number of halogens is 2. The van der Waals surface area contributed by atoms with Crippen LogP contribution in [0.2, 0.25) is 0 Å². The van der Waals surface area contributed by atoms with Gasteiger partial charge in [-0.3, -0.25) is 0 Å². The van der Waals surface area contributed by atoms with E-state index in [1.807, 2.05) is 0 Å². The molecule has 2 aromatic heterocycles. The van der Waals surface area contributed by atoms with E-state index in [1.54, 1.807) is 0 Å². The van der Waals surface area contributed by atoms with Crippen molar-refractivity contribution in [3.05, 3.63) is 53.9 Å². The van der Waals surface area contributed by atoms with E-state index in [-0.39, 0.29) is 22.4 Å². The van der Waals surface area contributed by atoms with Crippen LogP contribution in [0.15, 0.2) is 36.7 Å². The van der Waals surface area contributed by atoms with E-state index >= 15 is 0 Å². The van der Waals surface area contributed by atoms with Crippen molar-refractivity contribution in [2.24, 2.45) is 0 Å². The average molecular weight is 304 g/mol. The number of nitrogens with one attached hydrogen (secondary N) is 1. The second-order valence-electron chi connectivity index (χ2n) is 4.44. The Morgan fingerprint density at radius 1 is 1.27 bits per heavy atom. The minimum absolute atomic E-state index is 0.0380. The molecule has 1 aromatic carbocycles. The monoisotopic (exact) mass is 304 g/mol. The van der Waals surface area contributed by atoms with Crippen molar-refractivity contribution in [2.75, 3.05) is 7.11 Å². The first-order valence-electron chi connectivity index (χ1n) is 6.27. The lowest BCUT2D eigenvalue weighted by Crippen LogP contribution is -2.04. The number of esters is 1. The number of aromatic nitrogens is 2.